The molecule has 0 spiro atoms. The van der Waals surface area contributed by atoms with Gasteiger partial charge in [-0.2, -0.15) is 5.10 Å². The maximum absolute atomic E-state index is 13.4. The third-order valence-electron chi connectivity index (χ3n) is 5.16. The van der Waals surface area contributed by atoms with E-state index in [1.807, 2.05) is 36.0 Å². The first-order valence-corrected chi connectivity index (χ1v) is 10.0. The van der Waals surface area contributed by atoms with Gasteiger partial charge in [-0.1, -0.05) is 0 Å². The Kier molecular flexibility index (Phi) is 5.26. The summed E-state index contributed by atoms with van der Waals surface area (Å²) in [6.45, 7) is 0.813. The van der Waals surface area contributed by atoms with E-state index in [1.54, 1.807) is 24.3 Å². The van der Waals surface area contributed by atoms with Gasteiger partial charge in [0.25, 0.3) is 5.91 Å². The Hall–Kier alpha value is -2.54. The first-order valence-electron chi connectivity index (χ1n) is 9.25. The quantitative estimate of drug-likeness (QED) is 0.574. The number of hydrogen-bond donors (Lipinski definition) is 0. The summed E-state index contributed by atoms with van der Waals surface area (Å²) >= 11 is 3.50. The van der Waals surface area contributed by atoms with Gasteiger partial charge in [0.15, 0.2) is 0 Å². The molecule has 0 N–H and O–H groups in total. The average Bonchev–Trinajstić information content (AvgIpc) is 3.42. The fourth-order valence-electron chi connectivity index (χ4n) is 3.76. The van der Waals surface area contributed by atoms with Gasteiger partial charge >= 0.3 is 0 Å². The van der Waals surface area contributed by atoms with Crippen LogP contribution >= 0.6 is 15.9 Å². The summed E-state index contributed by atoms with van der Waals surface area (Å²) in [5.74, 6) is 1.28. The summed E-state index contributed by atoms with van der Waals surface area (Å²) in [6, 6.07) is 9.12. The number of carbonyl (C=O) groups is 1. The minimum atomic E-state index is -0.0976. The van der Waals surface area contributed by atoms with Gasteiger partial charge < -0.3 is 14.1 Å². The molecule has 1 aromatic carbocycles. The number of halogens is 1. The number of aromatic nitrogens is 2. The minimum Gasteiger partial charge on any atom is -0.497 e. The van der Waals surface area contributed by atoms with Crippen LogP contribution in [0.15, 0.2) is 45.5 Å². The highest BCUT2D eigenvalue weighted by atomic mass is 79.9. The van der Waals surface area contributed by atoms with Crippen molar-refractivity contribution in [2.24, 2.45) is 7.05 Å². The highest BCUT2D eigenvalue weighted by molar-refractivity contribution is 9.10. The monoisotopic (exact) mass is 443 g/mol. The fourth-order valence-corrected chi connectivity index (χ4v) is 4.18. The SMILES string of the molecule is COc1ccc(Br)c(C(=O)N(Cc2ccco2)Cc2nn(C)c3c2CCC3)c1. The van der Waals surface area contributed by atoms with Crippen LogP contribution in [-0.2, 0) is 33.0 Å². The van der Waals surface area contributed by atoms with Crippen LogP contribution in [0.3, 0.4) is 0 Å². The molecule has 0 saturated carbocycles. The summed E-state index contributed by atoms with van der Waals surface area (Å²) in [6.07, 6.45) is 4.83. The zero-order valence-corrected chi connectivity index (χ0v) is 17.5. The Bertz CT molecular complexity index is 995. The van der Waals surface area contributed by atoms with E-state index in [-0.39, 0.29) is 5.91 Å². The topological polar surface area (TPSA) is 60.5 Å². The molecule has 0 aliphatic heterocycles. The van der Waals surface area contributed by atoms with Gasteiger partial charge in [0.2, 0.25) is 0 Å². The van der Waals surface area contributed by atoms with Crippen molar-refractivity contribution in [3.05, 3.63) is 69.3 Å². The van der Waals surface area contributed by atoms with Crippen molar-refractivity contribution in [3.63, 3.8) is 0 Å². The van der Waals surface area contributed by atoms with Crippen LogP contribution in [0.25, 0.3) is 0 Å². The van der Waals surface area contributed by atoms with Crippen molar-refractivity contribution < 1.29 is 13.9 Å². The Morgan fingerprint density at radius 2 is 2.18 bits per heavy atom. The normalized spacial score (nSPS) is 12.8. The number of furan rings is 1. The summed E-state index contributed by atoms with van der Waals surface area (Å²) < 4.78 is 13.5. The molecule has 1 aliphatic rings. The van der Waals surface area contributed by atoms with E-state index >= 15 is 0 Å². The van der Waals surface area contributed by atoms with Gasteiger partial charge in [-0.05, 0) is 71.1 Å². The van der Waals surface area contributed by atoms with Crippen molar-refractivity contribution in [1.29, 1.82) is 0 Å². The molecule has 2 heterocycles. The van der Waals surface area contributed by atoms with E-state index < -0.39 is 0 Å². The largest absolute Gasteiger partial charge is 0.497 e. The predicted molar refractivity (Wildman–Crippen MR) is 108 cm³/mol. The number of carbonyl (C=O) groups excluding carboxylic acids is 1. The summed E-state index contributed by atoms with van der Waals surface area (Å²) in [7, 11) is 3.57. The van der Waals surface area contributed by atoms with Crippen LogP contribution < -0.4 is 4.74 Å². The predicted octanol–water partition coefficient (Wildman–Crippen LogP) is 4.12. The number of nitrogens with zero attached hydrogens (tertiary/aromatic N) is 3. The Morgan fingerprint density at radius 1 is 1.32 bits per heavy atom. The highest BCUT2D eigenvalue weighted by Gasteiger charge is 2.26. The fraction of sp³-hybridized carbons (Fsp3) is 0.333. The number of rotatable bonds is 6. The number of fused-ring (bicyclic) bond motifs is 1. The van der Waals surface area contributed by atoms with E-state index in [0.29, 0.717) is 24.4 Å². The molecule has 2 aromatic heterocycles. The van der Waals surface area contributed by atoms with Gasteiger partial charge in [-0.25, -0.2) is 0 Å². The molecule has 6 nitrogen and oxygen atoms in total. The maximum Gasteiger partial charge on any atom is 0.255 e. The van der Waals surface area contributed by atoms with Gasteiger partial charge in [-0.15, -0.1) is 0 Å². The van der Waals surface area contributed by atoms with Crippen LogP contribution in [0.2, 0.25) is 0 Å². The molecule has 7 heteroatoms. The Labute approximate surface area is 172 Å². The minimum absolute atomic E-state index is 0.0976. The van der Waals surface area contributed by atoms with Crippen LogP contribution in [0.4, 0.5) is 0 Å². The molecule has 4 rings (SSSR count). The lowest BCUT2D eigenvalue weighted by atomic mass is 10.1. The van der Waals surface area contributed by atoms with Gasteiger partial charge in [-0.3, -0.25) is 9.48 Å². The Morgan fingerprint density at radius 3 is 2.93 bits per heavy atom. The third-order valence-corrected chi connectivity index (χ3v) is 5.85. The standard InChI is InChI=1S/C21H22BrN3O3/c1-24-20-7-3-6-16(20)19(23-24)13-25(12-15-5-4-10-28-15)21(26)17-11-14(27-2)8-9-18(17)22/h4-5,8-11H,3,6-7,12-13H2,1-2H3. The second-order valence-electron chi connectivity index (χ2n) is 6.94. The van der Waals surface area contributed by atoms with Crippen LogP contribution in [0.5, 0.6) is 5.75 Å². The number of methoxy groups -OCH3 is 1. The number of hydrogen-bond acceptors (Lipinski definition) is 4. The second-order valence-corrected chi connectivity index (χ2v) is 7.79. The van der Waals surface area contributed by atoms with E-state index in [4.69, 9.17) is 9.15 Å². The molecular formula is C21H22BrN3O3. The maximum atomic E-state index is 13.4. The molecule has 1 aliphatic carbocycles. The first-order chi connectivity index (χ1) is 13.6. The first kappa shape index (κ1) is 18.8. The van der Waals surface area contributed by atoms with Gasteiger partial charge in [0.1, 0.15) is 11.5 Å². The molecule has 0 atom stereocenters. The molecule has 1 amide bonds. The van der Waals surface area contributed by atoms with E-state index in [9.17, 15) is 4.79 Å². The lowest BCUT2D eigenvalue weighted by Crippen LogP contribution is -2.31. The van der Waals surface area contributed by atoms with Gasteiger partial charge in [0, 0.05) is 17.2 Å². The third kappa shape index (κ3) is 3.58. The van der Waals surface area contributed by atoms with Crippen LogP contribution in [-0.4, -0.2) is 27.7 Å². The zero-order valence-electron chi connectivity index (χ0n) is 15.9. The molecule has 0 unspecified atom stereocenters. The van der Waals surface area contributed by atoms with Crippen molar-refractivity contribution >= 4 is 21.8 Å². The molecule has 3 aromatic rings. The lowest BCUT2D eigenvalue weighted by Gasteiger charge is -2.22. The van der Waals surface area contributed by atoms with Crippen molar-refractivity contribution in [3.8, 4) is 5.75 Å². The molecular weight excluding hydrogens is 422 g/mol. The number of aryl methyl sites for hydroxylation is 1. The summed E-state index contributed by atoms with van der Waals surface area (Å²) in [5, 5.41) is 4.69. The van der Waals surface area contributed by atoms with Crippen LogP contribution in [0.1, 0.15) is 39.5 Å². The smallest absolute Gasteiger partial charge is 0.255 e. The van der Waals surface area contributed by atoms with Crippen molar-refractivity contribution in [1.82, 2.24) is 14.7 Å². The average molecular weight is 444 g/mol. The zero-order chi connectivity index (χ0) is 19.7. The van der Waals surface area contributed by atoms with Crippen molar-refractivity contribution in [2.45, 2.75) is 32.4 Å². The van der Waals surface area contributed by atoms with E-state index in [0.717, 1.165) is 35.2 Å². The molecule has 0 bridgehead atoms. The highest BCUT2D eigenvalue weighted by Crippen LogP contribution is 2.28. The molecule has 28 heavy (non-hydrogen) atoms. The summed E-state index contributed by atoms with van der Waals surface area (Å²) in [5.41, 5.74) is 4.08. The Balaban J connectivity index is 1.68. The number of amides is 1. The molecule has 0 saturated heterocycles. The lowest BCUT2D eigenvalue weighted by molar-refractivity contribution is 0.0713. The van der Waals surface area contributed by atoms with Crippen molar-refractivity contribution in [2.75, 3.05) is 7.11 Å². The molecule has 0 fully saturated rings. The molecule has 0 radical (unpaired) electrons. The van der Waals surface area contributed by atoms with Crippen LogP contribution in [0, 0.1) is 0 Å². The van der Waals surface area contributed by atoms with Gasteiger partial charge in [0.05, 0.1) is 37.7 Å². The number of ether oxygens (including phenoxy) is 1. The van der Waals surface area contributed by atoms with E-state index in [1.165, 1.54) is 11.3 Å². The number of benzene rings is 1. The molecule has 146 valence electrons. The van der Waals surface area contributed by atoms with E-state index in [2.05, 4.69) is 21.0 Å². The second kappa shape index (κ2) is 7.83. The summed E-state index contributed by atoms with van der Waals surface area (Å²) in [4.78, 5) is 15.2.